The van der Waals surface area contributed by atoms with Crippen LogP contribution in [-0.4, -0.2) is 24.7 Å². The Morgan fingerprint density at radius 3 is 2.12 bits per heavy atom. The zero-order valence-electron chi connectivity index (χ0n) is 12.0. The van der Waals surface area contributed by atoms with Crippen LogP contribution in [0.5, 0.6) is 0 Å². The van der Waals surface area contributed by atoms with Gasteiger partial charge >= 0.3 is 0 Å². The zero-order valence-corrected chi connectivity index (χ0v) is 12.0. The molecule has 16 heavy (non-hydrogen) atoms. The summed E-state index contributed by atoms with van der Waals surface area (Å²) in [5.41, 5.74) is 0.241. The molecule has 0 bridgehead atoms. The first-order valence-electron chi connectivity index (χ1n) is 6.98. The van der Waals surface area contributed by atoms with Crippen molar-refractivity contribution in [2.24, 2.45) is 0 Å². The summed E-state index contributed by atoms with van der Waals surface area (Å²) in [5.74, 6) is 0. The van der Waals surface area contributed by atoms with E-state index in [4.69, 9.17) is 0 Å². The fraction of sp³-hybridized carbons (Fsp3) is 1.00. The summed E-state index contributed by atoms with van der Waals surface area (Å²) >= 11 is 0. The van der Waals surface area contributed by atoms with Crippen LogP contribution >= 0.6 is 0 Å². The number of unbranched alkanes of at least 4 members (excludes halogenated alkanes) is 1. The number of hydrogen-bond donors (Lipinski definition) is 2. The molecule has 0 aliphatic heterocycles. The molecule has 0 radical (unpaired) electrons. The molecule has 0 saturated heterocycles. The van der Waals surface area contributed by atoms with E-state index < -0.39 is 0 Å². The summed E-state index contributed by atoms with van der Waals surface area (Å²) in [6.07, 6.45) is 6.59. The molecule has 2 N–H and O–H groups in total. The van der Waals surface area contributed by atoms with Gasteiger partial charge in [-0.2, -0.15) is 0 Å². The SMILES string of the molecule is CCCCC(CCC)NCCNC(C)(C)C. The first-order chi connectivity index (χ1) is 7.49. The summed E-state index contributed by atoms with van der Waals surface area (Å²) in [7, 11) is 0. The smallest absolute Gasteiger partial charge is 0.00970 e. The van der Waals surface area contributed by atoms with Crippen LogP contribution in [0.3, 0.4) is 0 Å². The van der Waals surface area contributed by atoms with E-state index in [-0.39, 0.29) is 5.54 Å². The van der Waals surface area contributed by atoms with Gasteiger partial charge in [-0.05, 0) is 33.6 Å². The molecule has 0 aromatic heterocycles. The van der Waals surface area contributed by atoms with Crippen molar-refractivity contribution in [1.82, 2.24) is 10.6 Å². The molecule has 1 atom stereocenters. The van der Waals surface area contributed by atoms with Gasteiger partial charge in [-0.1, -0.05) is 33.1 Å². The molecular formula is C14H32N2. The Balaban J connectivity index is 3.59. The van der Waals surface area contributed by atoms with Crippen molar-refractivity contribution in [2.45, 2.75) is 78.3 Å². The highest BCUT2D eigenvalue weighted by molar-refractivity contribution is 4.72. The third-order valence-corrected chi connectivity index (χ3v) is 2.76. The molecule has 0 fully saturated rings. The number of nitrogens with one attached hydrogen (secondary N) is 2. The van der Waals surface area contributed by atoms with Gasteiger partial charge in [-0.3, -0.25) is 0 Å². The molecular weight excluding hydrogens is 196 g/mol. The van der Waals surface area contributed by atoms with Gasteiger partial charge in [0.2, 0.25) is 0 Å². The molecule has 0 aromatic rings. The highest BCUT2D eigenvalue weighted by atomic mass is 15.0. The molecule has 0 spiro atoms. The van der Waals surface area contributed by atoms with Gasteiger partial charge in [0.05, 0.1) is 0 Å². The van der Waals surface area contributed by atoms with Gasteiger partial charge in [0.15, 0.2) is 0 Å². The van der Waals surface area contributed by atoms with Crippen LogP contribution in [0.25, 0.3) is 0 Å². The topological polar surface area (TPSA) is 24.1 Å². The lowest BCUT2D eigenvalue weighted by molar-refractivity contribution is 0.390. The molecule has 2 nitrogen and oxygen atoms in total. The lowest BCUT2D eigenvalue weighted by atomic mass is 10.1. The average Bonchev–Trinajstić information content (AvgIpc) is 2.19. The van der Waals surface area contributed by atoms with Crippen LogP contribution in [-0.2, 0) is 0 Å². The summed E-state index contributed by atoms with van der Waals surface area (Å²) in [5, 5.41) is 7.18. The third-order valence-electron chi connectivity index (χ3n) is 2.76. The van der Waals surface area contributed by atoms with Gasteiger partial charge in [-0.25, -0.2) is 0 Å². The predicted octanol–water partition coefficient (Wildman–Crippen LogP) is 3.32. The monoisotopic (exact) mass is 228 g/mol. The molecule has 0 amide bonds. The van der Waals surface area contributed by atoms with Crippen LogP contribution in [0.1, 0.15) is 66.7 Å². The first kappa shape index (κ1) is 15.9. The van der Waals surface area contributed by atoms with Crippen molar-refractivity contribution in [1.29, 1.82) is 0 Å². The number of hydrogen-bond acceptors (Lipinski definition) is 2. The Hall–Kier alpha value is -0.0800. The minimum absolute atomic E-state index is 0.241. The second-order valence-electron chi connectivity index (χ2n) is 5.76. The van der Waals surface area contributed by atoms with Crippen LogP contribution in [0.4, 0.5) is 0 Å². The molecule has 0 saturated carbocycles. The summed E-state index contributed by atoms with van der Waals surface area (Å²) in [6, 6.07) is 0.728. The maximum absolute atomic E-state index is 3.67. The van der Waals surface area contributed by atoms with E-state index in [0.29, 0.717) is 0 Å². The van der Waals surface area contributed by atoms with E-state index in [1.54, 1.807) is 0 Å². The quantitative estimate of drug-likeness (QED) is 0.592. The van der Waals surface area contributed by atoms with Crippen molar-refractivity contribution < 1.29 is 0 Å². The third kappa shape index (κ3) is 10.4. The molecule has 0 heterocycles. The van der Waals surface area contributed by atoms with Crippen LogP contribution in [0.15, 0.2) is 0 Å². The van der Waals surface area contributed by atoms with Crippen molar-refractivity contribution in [2.75, 3.05) is 13.1 Å². The van der Waals surface area contributed by atoms with Gasteiger partial charge in [0.25, 0.3) is 0 Å². The van der Waals surface area contributed by atoms with Gasteiger partial charge in [0.1, 0.15) is 0 Å². The van der Waals surface area contributed by atoms with Crippen molar-refractivity contribution >= 4 is 0 Å². The van der Waals surface area contributed by atoms with Gasteiger partial charge in [-0.15, -0.1) is 0 Å². The molecule has 98 valence electrons. The highest BCUT2D eigenvalue weighted by Crippen LogP contribution is 2.06. The maximum Gasteiger partial charge on any atom is 0.00970 e. The molecule has 2 heteroatoms. The Morgan fingerprint density at radius 2 is 1.62 bits per heavy atom. The molecule has 0 aromatic carbocycles. The normalized spacial score (nSPS) is 14.1. The first-order valence-corrected chi connectivity index (χ1v) is 6.98. The predicted molar refractivity (Wildman–Crippen MR) is 74.0 cm³/mol. The average molecular weight is 228 g/mol. The standard InChI is InChI=1S/C14H32N2/c1-6-8-10-13(9-7-2)15-11-12-16-14(3,4)5/h13,15-16H,6-12H2,1-5H3. The maximum atomic E-state index is 3.67. The highest BCUT2D eigenvalue weighted by Gasteiger charge is 2.09. The van der Waals surface area contributed by atoms with Crippen LogP contribution < -0.4 is 10.6 Å². The Kier molecular flexibility index (Phi) is 8.96. The lowest BCUT2D eigenvalue weighted by Crippen LogP contribution is -2.42. The van der Waals surface area contributed by atoms with E-state index in [1.807, 2.05) is 0 Å². The largest absolute Gasteiger partial charge is 0.313 e. The second kappa shape index (κ2) is 9.00. The summed E-state index contributed by atoms with van der Waals surface area (Å²) in [6.45, 7) is 13.3. The van der Waals surface area contributed by atoms with Crippen molar-refractivity contribution in [3.05, 3.63) is 0 Å². The fourth-order valence-electron chi connectivity index (χ4n) is 1.86. The number of rotatable bonds is 9. The fourth-order valence-corrected chi connectivity index (χ4v) is 1.86. The second-order valence-corrected chi connectivity index (χ2v) is 5.76. The van der Waals surface area contributed by atoms with Crippen LogP contribution in [0.2, 0.25) is 0 Å². The summed E-state index contributed by atoms with van der Waals surface area (Å²) < 4.78 is 0. The zero-order chi connectivity index (χ0) is 12.4. The molecule has 1 unspecified atom stereocenters. The van der Waals surface area contributed by atoms with E-state index in [9.17, 15) is 0 Å². The van der Waals surface area contributed by atoms with Crippen molar-refractivity contribution in [3.8, 4) is 0 Å². The summed E-state index contributed by atoms with van der Waals surface area (Å²) in [4.78, 5) is 0. The molecule has 0 rings (SSSR count). The van der Waals surface area contributed by atoms with Gasteiger partial charge in [0, 0.05) is 24.7 Å². The van der Waals surface area contributed by atoms with E-state index in [0.717, 1.165) is 19.1 Å². The van der Waals surface area contributed by atoms with Gasteiger partial charge < -0.3 is 10.6 Å². The Labute approximate surface area is 103 Å². The van der Waals surface area contributed by atoms with E-state index in [2.05, 4.69) is 45.3 Å². The lowest BCUT2D eigenvalue weighted by Gasteiger charge is -2.23. The Bertz CT molecular complexity index is 149. The van der Waals surface area contributed by atoms with Crippen molar-refractivity contribution in [3.63, 3.8) is 0 Å². The minimum atomic E-state index is 0.241. The molecule has 0 aliphatic carbocycles. The minimum Gasteiger partial charge on any atom is -0.313 e. The van der Waals surface area contributed by atoms with Crippen LogP contribution in [0, 0.1) is 0 Å². The van der Waals surface area contributed by atoms with E-state index >= 15 is 0 Å². The molecule has 0 aliphatic rings. The Morgan fingerprint density at radius 1 is 0.938 bits per heavy atom. The van der Waals surface area contributed by atoms with E-state index in [1.165, 1.54) is 32.1 Å².